The normalized spacial score (nSPS) is 11.7. The standard InChI is InChI=1S/C6H2Cl4O2S.ClHO3S/c7-3-1-4(8)6(5(9)2-3)13(10,11)12;1-5(2,3)4/h1-2H;(H,2,3,4). The molecule has 1 rings (SSSR count). The van der Waals surface area contributed by atoms with E-state index in [-0.39, 0.29) is 20.0 Å². The van der Waals surface area contributed by atoms with E-state index in [1.165, 1.54) is 12.1 Å². The van der Waals surface area contributed by atoms with Crippen molar-refractivity contribution >= 4 is 74.6 Å². The summed E-state index contributed by atoms with van der Waals surface area (Å²) in [4.78, 5) is -0.318. The molecule has 1 aromatic carbocycles. The van der Waals surface area contributed by atoms with Crippen LogP contribution in [0.3, 0.4) is 0 Å². The SMILES string of the molecule is O=S(=O)(Cl)c1c(Cl)cc(Cl)cc1Cl.O=S(=O)(O)Cl. The number of rotatable bonds is 1. The quantitative estimate of drug-likeness (QED) is 0.579. The molecule has 0 amide bonds. The molecule has 1 aromatic rings. The largest absolute Gasteiger partial charge is 0.353 e. The Balaban J connectivity index is 0.000000494. The molecule has 0 aliphatic carbocycles. The average Bonchev–Trinajstić information content (AvgIpc) is 1.93. The smallest absolute Gasteiger partial charge is 0.273 e. The Labute approximate surface area is 127 Å². The van der Waals surface area contributed by atoms with Crippen molar-refractivity contribution in [2.75, 3.05) is 0 Å². The van der Waals surface area contributed by atoms with E-state index in [4.69, 9.17) is 58.5 Å². The molecule has 0 heterocycles. The summed E-state index contributed by atoms with van der Waals surface area (Å²) < 4.78 is 47.0. The summed E-state index contributed by atoms with van der Waals surface area (Å²) in [7, 11) is 1.01. The molecule has 0 spiro atoms. The van der Waals surface area contributed by atoms with Crippen molar-refractivity contribution in [3.05, 3.63) is 27.2 Å². The molecule has 0 unspecified atom stereocenters. The number of benzene rings is 1. The summed E-state index contributed by atoms with van der Waals surface area (Å²) in [5.41, 5.74) is 0. The van der Waals surface area contributed by atoms with Crippen molar-refractivity contribution in [3.8, 4) is 0 Å². The number of hydrogen-bond donors (Lipinski definition) is 1. The third-order valence-electron chi connectivity index (χ3n) is 1.21. The Kier molecular flexibility index (Phi) is 7.01. The third kappa shape index (κ3) is 7.85. The Morgan fingerprint density at radius 2 is 1.17 bits per heavy atom. The van der Waals surface area contributed by atoms with Crippen LogP contribution in [0.4, 0.5) is 0 Å². The van der Waals surface area contributed by atoms with Gasteiger partial charge in [0.15, 0.2) is 0 Å². The maximum absolute atomic E-state index is 10.9. The van der Waals surface area contributed by atoms with E-state index in [1.54, 1.807) is 0 Å². The van der Waals surface area contributed by atoms with Gasteiger partial charge >= 0.3 is 9.33 Å². The maximum atomic E-state index is 10.9. The first kappa shape index (κ1) is 18.5. The molecular weight excluding hydrogens is 393 g/mol. The van der Waals surface area contributed by atoms with Crippen LogP contribution in [0.2, 0.25) is 15.1 Å². The van der Waals surface area contributed by atoms with Gasteiger partial charge in [0.05, 0.1) is 10.0 Å². The molecule has 0 aliphatic rings. The molecule has 0 fully saturated rings. The Morgan fingerprint density at radius 3 is 1.39 bits per heavy atom. The minimum Gasteiger partial charge on any atom is -0.273 e. The van der Waals surface area contributed by atoms with Crippen molar-refractivity contribution in [2.24, 2.45) is 0 Å². The van der Waals surface area contributed by atoms with E-state index in [1.807, 2.05) is 0 Å². The zero-order valence-corrected chi connectivity index (χ0v) is 13.4. The Hall–Kier alpha value is 0.530. The van der Waals surface area contributed by atoms with Gasteiger partial charge in [0.1, 0.15) is 4.90 Å². The molecule has 0 bridgehead atoms. The minimum atomic E-state index is -4.19. The summed E-state index contributed by atoms with van der Waals surface area (Å²) in [5.74, 6) is 0. The highest BCUT2D eigenvalue weighted by molar-refractivity contribution is 8.14. The third-order valence-corrected chi connectivity index (χ3v) is 3.64. The van der Waals surface area contributed by atoms with E-state index in [2.05, 4.69) is 10.7 Å². The van der Waals surface area contributed by atoms with Crippen molar-refractivity contribution in [3.63, 3.8) is 0 Å². The molecule has 0 aromatic heterocycles. The van der Waals surface area contributed by atoms with Crippen molar-refractivity contribution < 1.29 is 21.4 Å². The van der Waals surface area contributed by atoms with Gasteiger partial charge in [-0.1, -0.05) is 34.8 Å². The highest BCUT2D eigenvalue weighted by atomic mass is 35.7. The van der Waals surface area contributed by atoms with Gasteiger partial charge in [-0.3, -0.25) is 4.55 Å². The van der Waals surface area contributed by atoms with Gasteiger partial charge in [-0.05, 0) is 12.1 Å². The second-order valence-corrected chi connectivity index (χ2v) is 8.30. The fourth-order valence-electron chi connectivity index (χ4n) is 0.762. The van der Waals surface area contributed by atoms with Crippen molar-refractivity contribution in [1.29, 1.82) is 0 Å². The molecule has 0 radical (unpaired) electrons. The molecule has 12 heteroatoms. The van der Waals surface area contributed by atoms with Gasteiger partial charge in [-0.2, -0.15) is 8.42 Å². The van der Waals surface area contributed by atoms with Crippen LogP contribution >= 0.6 is 56.2 Å². The van der Waals surface area contributed by atoms with Crippen molar-refractivity contribution in [2.45, 2.75) is 4.90 Å². The van der Waals surface area contributed by atoms with Crippen LogP contribution in [0, 0.1) is 0 Å². The molecule has 0 saturated heterocycles. The van der Waals surface area contributed by atoms with Crippen LogP contribution < -0.4 is 0 Å². The molecule has 0 saturated carbocycles. The van der Waals surface area contributed by atoms with Gasteiger partial charge < -0.3 is 0 Å². The van der Waals surface area contributed by atoms with E-state index >= 15 is 0 Å². The predicted molar refractivity (Wildman–Crippen MR) is 71.9 cm³/mol. The first-order valence-electron chi connectivity index (χ1n) is 3.58. The molecule has 5 nitrogen and oxygen atoms in total. The monoisotopic (exact) mass is 394 g/mol. The highest BCUT2D eigenvalue weighted by Gasteiger charge is 2.19. The van der Waals surface area contributed by atoms with Crippen LogP contribution in [0.1, 0.15) is 0 Å². The second kappa shape index (κ2) is 6.81. The van der Waals surface area contributed by atoms with Crippen LogP contribution in [0.15, 0.2) is 17.0 Å². The Bertz CT molecular complexity index is 607. The summed E-state index contributed by atoms with van der Waals surface area (Å²) in [6, 6.07) is 2.51. The van der Waals surface area contributed by atoms with Gasteiger partial charge in [-0.15, -0.1) is 0 Å². The van der Waals surface area contributed by atoms with Crippen LogP contribution in [0.5, 0.6) is 0 Å². The first-order valence-corrected chi connectivity index (χ1v) is 9.29. The topological polar surface area (TPSA) is 88.5 Å². The zero-order chi connectivity index (χ0) is 14.7. The molecule has 0 atom stereocenters. The summed E-state index contributed by atoms with van der Waals surface area (Å²) >= 11 is 16.7. The summed E-state index contributed by atoms with van der Waals surface area (Å²) in [6.45, 7) is 0. The average molecular weight is 396 g/mol. The lowest BCUT2D eigenvalue weighted by atomic mass is 10.4. The van der Waals surface area contributed by atoms with E-state index in [9.17, 15) is 8.42 Å². The minimum absolute atomic E-state index is 0.0903. The molecule has 0 aliphatic heterocycles. The van der Waals surface area contributed by atoms with E-state index < -0.39 is 18.4 Å². The lowest BCUT2D eigenvalue weighted by molar-refractivity contribution is 0.501. The zero-order valence-electron chi connectivity index (χ0n) is 7.94. The molecule has 104 valence electrons. The highest BCUT2D eigenvalue weighted by Crippen LogP contribution is 2.34. The molecule has 1 N–H and O–H groups in total. The van der Waals surface area contributed by atoms with Gasteiger partial charge in [0, 0.05) is 26.4 Å². The van der Waals surface area contributed by atoms with Gasteiger partial charge in [-0.25, -0.2) is 8.42 Å². The van der Waals surface area contributed by atoms with Gasteiger partial charge in [0.2, 0.25) is 0 Å². The van der Waals surface area contributed by atoms with Gasteiger partial charge in [0.25, 0.3) is 9.05 Å². The molecular formula is C6H3Cl5O5S2. The number of halogens is 5. The van der Waals surface area contributed by atoms with Crippen molar-refractivity contribution in [1.82, 2.24) is 0 Å². The van der Waals surface area contributed by atoms with Crippen LogP contribution in [-0.4, -0.2) is 21.4 Å². The predicted octanol–water partition coefficient (Wildman–Crippen LogP) is 3.60. The molecule has 18 heavy (non-hydrogen) atoms. The maximum Gasteiger partial charge on any atom is 0.353 e. The Morgan fingerprint density at radius 1 is 0.889 bits per heavy atom. The van der Waals surface area contributed by atoms with Crippen LogP contribution in [-0.2, 0) is 18.4 Å². The summed E-state index contributed by atoms with van der Waals surface area (Å²) in [5, 5.41) is 0.0686. The lowest BCUT2D eigenvalue weighted by Crippen LogP contribution is -1.93. The van der Waals surface area contributed by atoms with E-state index in [0.29, 0.717) is 0 Å². The lowest BCUT2D eigenvalue weighted by Gasteiger charge is -2.02. The second-order valence-electron chi connectivity index (χ2n) is 2.55. The number of hydrogen-bond acceptors (Lipinski definition) is 4. The van der Waals surface area contributed by atoms with E-state index in [0.717, 1.165) is 0 Å². The fourth-order valence-corrected chi connectivity index (χ4v) is 3.51. The van der Waals surface area contributed by atoms with Crippen LogP contribution in [0.25, 0.3) is 0 Å². The summed E-state index contributed by atoms with van der Waals surface area (Å²) in [6.07, 6.45) is 0. The first-order chi connectivity index (χ1) is 7.82. The fraction of sp³-hybridized carbons (Fsp3) is 0.